The molecule has 0 unspecified atom stereocenters. The van der Waals surface area contributed by atoms with E-state index in [4.69, 9.17) is 0 Å². The standard InChI is InChI=1S/C58H54/c1-7-45-27-33-53(34-28-45)57(51-15-11-9-12-16-51)39-49-23-19-47(20-24-49)31-37-55-41(3)43(5)56(44(6)42(55)4)38-32-48-21-25-50(26-22-48)40-58(52-17-13-10-14-18-52)54-35-29-46(8-2)30-36-54/h9-40H,7-8H2,1-6H3/b37-31+,38-32+,57-39-,58-40+. The first kappa shape index (κ1) is 39.7. The molecule has 0 aliphatic rings. The topological polar surface area (TPSA) is 0 Å². The number of hydrogen-bond acceptors (Lipinski definition) is 0. The van der Waals surface area contributed by atoms with E-state index < -0.39 is 0 Å². The highest BCUT2D eigenvalue weighted by Gasteiger charge is 2.12. The summed E-state index contributed by atoms with van der Waals surface area (Å²) in [6.07, 6.45) is 15.8. The largest absolute Gasteiger partial charge is 0.0622 e. The van der Waals surface area contributed by atoms with Gasteiger partial charge in [-0.1, -0.05) is 196 Å². The second-order valence-corrected chi connectivity index (χ2v) is 15.3. The highest BCUT2D eigenvalue weighted by molar-refractivity contribution is 5.93. The van der Waals surface area contributed by atoms with Crippen LogP contribution in [0, 0.1) is 27.7 Å². The molecule has 0 aliphatic heterocycles. The van der Waals surface area contributed by atoms with Gasteiger partial charge in [-0.25, -0.2) is 0 Å². The van der Waals surface area contributed by atoms with Crippen LogP contribution in [0.25, 0.3) is 47.6 Å². The maximum absolute atomic E-state index is 2.30. The van der Waals surface area contributed by atoms with Gasteiger partial charge in [-0.2, -0.15) is 0 Å². The molecule has 286 valence electrons. The first-order valence-electron chi connectivity index (χ1n) is 20.7. The fraction of sp³-hybridized carbons (Fsp3) is 0.138. The van der Waals surface area contributed by atoms with Crippen LogP contribution in [0.4, 0.5) is 0 Å². The second-order valence-electron chi connectivity index (χ2n) is 15.3. The molecule has 0 bridgehead atoms. The fourth-order valence-corrected chi connectivity index (χ4v) is 7.71. The lowest BCUT2D eigenvalue weighted by Gasteiger charge is -2.17. The third kappa shape index (κ3) is 9.37. The molecule has 0 aromatic heterocycles. The number of benzene rings is 7. The fourth-order valence-electron chi connectivity index (χ4n) is 7.71. The molecule has 0 nitrogen and oxygen atoms in total. The van der Waals surface area contributed by atoms with Crippen molar-refractivity contribution >= 4 is 47.6 Å². The van der Waals surface area contributed by atoms with Crippen molar-refractivity contribution in [3.05, 3.63) is 247 Å². The minimum atomic E-state index is 1.04. The van der Waals surface area contributed by atoms with Crippen molar-refractivity contribution in [1.82, 2.24) is 0 Å². The van der Waals surface area contributed by atoms with E-state index in [-0.39, 0.29) is 0 Å². The van der Waals surface area contributed by atoms with Crippen molar-refractivity contribution in [3.8, 4) is 0 Å². The summed E-state index contributed by atoms with van der Waals surface area (Å²) in [4.78, 5) is 0. The Kier molecular flexibility index (Phi) is 12.8. The van der Waals surface area contributed by atoms with Gasteiger partial charge in [0, 0.05) is 0 Å². The van der Waals surface area contributed by atoms with Gasteiger partial charge in [0.2, 0.25) is 0 Å². The van der Waals surface area contributed by atoms with Crippen LogP contribution in [-0.2, 0) is 12.8 Å². The first-order valence-corrected chi connectivity index (χ1v) is 20.7. The van der Waals surface area contributed by atoms with Crippen molar-refractivity contribution in [3.63, 3.8) is 0 Å². The van der Waals surface area contributed by atoms with Crippen LogP contribution in [0.5, 0.6) is 0 Å². The molecule has 7 aromatic carbocycles. The molecule has 0 fully saturated rings. The van der Waals surface area contributed by atoms with Gasteiger partial charge in [-0.15, -0.1) is 0 Å². The normalized spacial score (nSPS) is 12.2. The van der Waals surface area contributed by atoms with E-state index in [0.717, 1.165) is 12.8 Å². The molecular weight excluding hydrogens is 697 g/mol. The van der Waals surface area contributed by atoms with Crippen molar-refractivity contribution < 1.29 is 0 Å². The van der Waals surface area contributed by atoms with Gasteiger partial charge < -0.3 is 0 Å². The number of hydrogen-bond donors (Lipinski definition) is 0. The molecule has 0 N–H and O–H groups in total. The molecule has 0 amide bonds. The lowest BCUT2D eigenvalue weighted by Crippen LogP contribution is -1.99. The number of aryl methyl sites for hydroxylation is 2. The van der Waals surface area contributed by atoms with Crippen LogP contribution in [0.1, 0.15) is 103 Å². The van der Waals surface area contributed by atoms with Crippen molar-refractivity contribution in [2.75, 3.05) is 0 Å². The highest BCUT2D eigenvalue weighted by atomic mass is 14.2. The Balaban J connectivity index is 1.09. The molecule has 0 heterocycles. The van der Waals surface area contributed by atoms with Gasteiger partial charge in [0.05, 0.1) is 0 Å². The average Bonchev–Trinajstić information content (AvgIpc) is 3.28. The van der Waals surface area contributed by atoms with Crippen molar-refractivity contribution in [2.45, 2.75) is 54.4 Å². The second kappa shape index (κ2) is 18.6. The predicted molar refractivity (Wildman–Crippen MR) is 255 cm³/mol. The highest BCUT2D eigenvalue weighted by Crippen LogP contribution is 2.32. The minimum absolute atomic E-state index is 1.04. The summed E-state index contributed by atoms with van der Waals surface area (Å²) in [5.74, 6) is 0. The third-order valence-electron chi connectivity index (χ3n) is 11.6. The van der Waals surface area contributed by atoms with Crippen molar-refractivity contribution in [1.29, 1.82) is 0 Å². The number of rotatable bonds is 12. The molecule has 0 radical (unpaired) electrons. The molecule has 0 atom stereocenters. The minimum Gasteiger partial charge on any atom is -0.0622 e. The van der Waals surface area contributed by atoms with Crippen LogP contribution in [-0.4, -0.2) is 0 Å². The summed E-state index contributed by atoms with van der Waals surface area (Å²) >= 11 is 0. The molecule has 58 heavy (non-hydrogen) atoms. The third-order valence-corrected chi connectivity index (χ3v) is 11.6. The van der Waals surface area contributed by atoms with E-state index in [9.17, 15) is 0 Å². The summed E-state index contributed by atoms with van der Waals surface area (Å²) in [5, 5.41) is 0. The smallest absolute Gasteiger partial charge is 0.0105 e. The van der Waals surface area contributed by atoms with Crippen LogP contribution in [0.15, 0.2) is 158 Å². The summed E-state index contributed by atoms with van der Waals surface area (Å²) in [7, 11) is 0. The Bertz CT molecular complexity index is 2360. The zero-order chi connectivity index (χ0) is 40.4. The first-order chi connectivity index (χ1) is 28.3. The Hall–Kier alpha value is -6.50. The quantitative estimate of drug-likeness (QED) is 0.109. The van der Waals surface area contributed by atoms with Gasteiger partial charge in [-0.05, 0) is 153 Å². The molecule has 0 saturated carbocycles. The van der Waals surface area contributed by atoms with E-state index in [1.54, 1.807) is 0 Å². The lowest BCUT2D eigenvalue weighted by atomic mass is 9.88. The summed E-state index contributed by atoms with van der Waals surface area (Å²) in [5.41, 5.74) is 22.7. The Morgan fingerprint density at radius 3 is 0.931 bits per heavy atom. The average molecular weight is 751 g/mol. The van der Waals surface area contributed by atoms with Gasteiger partial charge in [0.15, 0.2) is 0 Å². The van der Waals surface area contributed by atoms with Crippen LogP contribution < -0.4 is 0 Å². The summed E-state index contributed by atoms with van der Waals surface area (Å²) < 4.78 is 0. The van der Waals surface area contributed by atoms with E-state index >= 15 is 0 Å². The monoisotopic (exact) mass is 750 g/mol. The molecule has 7 rings (SSSR count). The molecule has 0 spiro atoms. The lowest BCUT2D eigenvalue weighted by molar-refractivity contribution is 1.14. The van der Waals surface area contributed by atoms with Crippen molar-refractivity contribution in [2.24, 2.45) is 0 Å². The van der Waals surface area contributed by atoms with E-state index in [1.807, 2.05) is 0 Å². The SMILES string of the molecule is CCc1ccc(/C(=C\c2ccc(/C=C/c3c(C)c(C)c(/C=C/c4ccc(/C=C(\c5ccccc5)c5ccc(CC)cc5)cc4)c(C)c3C)cc2)c2ccccc2)cc1. The molecule has 0 heteroatoms. The molecule has 7 aromatic rings. The van der Waals surface area contributed by atoms with Gasteiger partial charge >= 0.3 is 0 Å². The van der Waals surface area contributed by atoms with Crippen LogP contribution in [0.2, 0.25) is 0 Å². The zero-order valence-electron chi connectivity index (χ0n) is 34.9. The molecular formula is C58H54. The van der Waals surface area contributed by atoms with Crippen LogP contribution in [0.3, 0.4) is 0 Å². The Morgan fingerprint density at radius 1 is 0.328 bits per heavy atom. The van der Waals surface area contributed by atoms with E-state index in [1.165, 1.54) is 100 Å². The summed E-state index contributed by atoms with van der Waals surface area (Å²) in [6.45, 7) is 13.4. The Labute approximate surface area is 347 Å². The van der Waals surface area contributed by atoms with Gasteiger partial charge in [0.25, 0.3) is 0 Å². The van der Waals surface area contributed by atoms with E-state index in [2.05, 4.69) is 236 Å². The van der Waals surface area contributed by atoms with Crippen LogP contribution >= 0.6 is 0 Å². The molecule has 0 saturated heterocycles. The molecule has 0 aliphatic carbocycles. The summed E-state index contributed by atoms with van der Waals surface area (Å²) in [6, 6.07) is 57.1. The van der Waals surface area contributed by atoms with E-state index in [0.29, 0.717) is 0 Å². The predicted octanol–water partition coefficient (Wildman–Crippen LogP) is 15.6. The van der Waals surface area contributed by atoms with Gasteiger partial charge in [0.1, 0.15) is 0 Å². The Morgan fingerprint density at radius 2 is 0.621 bits per heavy atom. The zero-order valence-corrected chi connectivity index (χ0v) is 34.9. The maximum Gasteiger partial charge on any atom is -0.0105 e. The maximum atomic E-state index is 2.30. The van der Waals surface area contributed by atoms with Gasteiger partial charge in [-0.3, -0.25) is 0 Å².